The van der Waals surface area contributed by atoms with Gasteiger partial charge >= 0.3 is 5.97 Å². The minimum absolute atomic E-state index is 0.0109. The Labute approximate surface area is 134 Å². The second-order valence-electron chi connectivity index (χ2n) is 5.65. The number of rotatable bonds is 14. The van der Waals surface area contributed by atoms with Crippen molar-refractivity contribution in [3.05, 3.63) is 0 Å². The van der Waals surface area contributed by atoms with Gasteiger partial charge in [-0.15, -0.1) is 11.8 Å². The van der Waals surface area contributed by atoms with Crippen molar-refractivity contribution in [2.45, 2.75) is 90.0 Å². The van der Waals surface area contributed by atoms with Gasteiger partial charge in [-0.3, -0.25) is 4.79 Å². The van der Waals surface area contributed by atoms with Crippen molar-refractivity contribution in [1.29, 1.82) is 0 Å². The van der Waals surface area contributed by atoms with E-state index in [0.717, 1.165) is 44.3 Å². The zero-order chi connectivity index (χ0) is 15.9. The maximum Gasteiger partial charge on any atom is 0.319 e. The van der Waals surface area contributed by atoms with Crippen LogP contribution in [0.4, 0.5) is 4.39 Å². The van der Waals surface area contributed by atoms with Crippen LogP contribution in [-0.2, 0) is 9.53 Å². The van der Waals surface area contributed by atoms with Gasteiger partial charge in [0.25, 0.3) is 0 Å². The Hall–Kier alpha value is -0.250. The summed E-state index contributed by atoms with van der Waals surface area (Å²) in [6.45, 7) is 6.32. The van der Waals surface area contributed by atoms with Crippen molar-refractivity contribution in [2.24, 2.45) is 0 Å². The zero-order valence-corrected chi connectivity index (χ0v) is 14.9. The van der Waals surface area contributed by atoms with Gasteiger partial charge in [-0.1, -0.05) is 46.0 Å². The summed E-state index contributed by atoms with van der Waals surface area (Å²) in [6, 6.07) is 0. The first-order chi connectivity index (χ1) is 10.1. The fourth-order valence-electron chi connectivity index (χ4n) is 2.07. The summed E-state index contributed by atoms with van der Waals surface area (Å²) in [5.41, 5.74) is 0. The lowest BCUT2D eigenvalue weighted by Gasteiger charge is -2.15. The van der Waals surface area contributed by atoms with E-state index in [1.54, 1.807) is 18.7 Å². The smallest absolute Gasteiger partial charge is 0.319 e. The second kappa shape index (κ2) is 14.7. The second-order valence-corrected chi connectivity index (χ2v) is 6.96. The third-order valence-corrected chi connectivity index (χ3v) is 4.70. The third-order valence-electron chi connectivity index (χ3n) is 3.35. The lowest BCUT2D eigenvalue weighted by molar-refractivity contribution is -0.143. The summed E-state index contributed by atoms with van der Waals surface area (Å²) < 4.78 is 18.0. The van der Waals surface area contributed by atoms with Crippen molar-refractivity contribution in [3.8, 4) is 0 Å². The predicted molar refractivity (Wildman–Crippen MR) is 90.7 cm³/mol. The first-order valence-corrected chi connectivity index (χ1v) is 9.59. The highest BCUT2D eigenvalue weighted by Crippen LogP contribution is 2.21. The van der Waals surface area contributed by atoms with Crippen LogP contribution in [-0.4, -0.2) is 29.8 Å². The molecule has 2 nitrogen and oxygen atoms in total. The average Bonchev–Trinajstić information content (AvgIpc) is 2.46. The zero-order valence-electron chi connectivity index (χ0n) is 14.0. The average molecular weight is 321 g/mol. The van der Waals surface area contributed by atoms with Crippen LogP contribution < -0.4 is 0 Å². The van der Waals surface area contributed by atoms with Gasteiger partial charge in [0.15, 0.2) is 0 Å². The van der Waals surface area contributed by atoms with Gasteiger partial charge in [-0.25, -0.2) is 4.39 Å². The van der Waals surface area contributed by atoms with Crippen LogP contribution >= 0.6 is 11.8 Å². The first kappa shape index (κ1) is 20.8. The van der Waals surface area contributed by atoms with Crippen LogP contribution in [0, 0.1) is 0 Å². The van der Waals surface area contributed by atoms with E-state index in [1.807, 2.05) is 6.92 Å². The van der Waals surface area contributed by atoms with E-state index in [4.69, 9.17) is 4.74 Å². The topological polar surface area (TPSA) is 26.3 Å². The van der Waals surface area contributed by atoms with E-state index >= 15 is 0 Å². The number of hydrogen-bond acceptors (Lipinski definition) is 3. The fraction of sp³-hybridized carbons (Fsp3) is 0.941. The normalized spacial score (nSPS) is 13.9. The molecule has 4 heteroatoms. The highest BCUT2D eigenvalue weighted by Gasteiger charge is 2.19. The van der Waals surface area contributed by atoms with E-state index < -0.39 is 6.17 Å². The maximum atomic E-state index is 12.7. The van der Waals surface area contributed by atoms with Crippen molar-refractivity contribution < 1.29 is 13.9 Å². The molecular weight excluding hydrogens is 287 g/mol. The number of thioether (sulfide) groups is 1. The molecule has 2 unspecified atom stereocenters. The molecule has 0 aliphatic rings. The van der Waals surface area contributed by atoms with Crippen molar-refractivity contribution >= 4 is 17.7 Å². The molecule has 0 saturated carbocycles. The lowest BCUT2D eigenvalue weighted by Crippen LogP contribution is -2.21. The molecule has 0 aromatic heterocycles. The Bertz CT molecular complexity index is 247. The van der Waals surface area contributed by atoms with Crippen LogP contribution in [0.3, 0.4) is 0 Å². The molecule has 0 amide bonds. The molecule has 2 atom stereocenters. The number of halogens is 1. The minimum Gasteiger partial charge on any atom is -0.465 e. The molecule has 0 saturated heterocycles. The molecule has 0 radical (unpaired) electrons. The number of ether oxygens (including phenoxy) is 1. The van der Waals surface area contributed by atoms with Crippen molar-refractivity contribution in [1.82, 2.24) is 0 Å². The SMILES string of the molecule is CCCCCC(SCCCCCC(C)F)C(=O)OCCC. The number of carbonyl (C=O) groups is 1. The van der Waals surface area contributed by atoms with E-state index in [2.05, 4.69) is 6.92 Å². The molecule has 0 bridgehead atoms. The lowest BCUT2D eigenvalue weighted by atomic mass is 10.1. The predicted octanol–water partition coefficient (Wildman–Crippen LogP) is 5.54. The fourth-order valence-corrected chi connectivity index (χ4v) is 3.27. The van der Waals surface area contributed by atoms with Gasteiger partial charge in [0, 0.05) is 0 Å². The number of unbranched alkanes of at least 4 members (excludes halogenated alkanes) is 4. The highest BCUT2D eigenvalue weighted by atomic mass is 32.2. The third kappa shape index (κ3) is 13.2. The van der Waals surface area contributed by atoms with E-state index in [1.165, 1.54) is 12.8 Å². The molecule has 21 heavy (non-hydrogen) atoms. The monoisotopic (exact) mass is 320 g/mol. The van der Waals surface area contributed by atoms with Crippen molar-refractivity contribution in [2.75, 3.05) is 12.4 Å². The molecule has 0 aromatic rings. The Morgan fingerprint density at radius 1 is 1.05 bits per heavy atom. The molecule has 126 valence electrons. The number of alkyl halides is 1. The van der Waals surface area contributed by atoms with Gasteiger partial charge in [0.05, 0.1) is 12.8 Å². The van der Waals surface area contributed by atoms with Crippen LogP contribution in [0.25, 0.3) is 0 Å². The molecule has 0 aromatic carbocycles. The Morgan fingerprint density at radius 3 is 2.38 bits per heavy atom. The summed E-state index contributed by atoms with van der Waals surface area (Å²) in [5.74, 6) is 0.925. The van der Waals surface area contributed by atoms with Gasteiger partial charge in [0.1, 0.15) is 5.25 Å². The molecule has 0 spiro atoms. The van der Waals surface area contributed by atoms with Crippen molar-refractivity contribution in [3.63, 3.8) is 0 Å². The molecule has 0 rings (SSSR count). The van der Waals surface area contributed by atoms with Gasteiger partial charge < -0.3 is 4.74 Å². The molecular formula is C17H33FO2S. The van der Waals surface area contributed by atoms with E-state index in [-0.39, 0.29) is 11.2 Å². The number of carbonyl (C=O) groups excluding carboxylic acids is 1. The van der Waals surface area contributed by atoms with Crippen LogP contribution in [0.15, 0.2) is 0 Å². The summed E-state index contributed by atoms with van der Waals surface area (Å²) in [5, 5.41) is -0.0109. The minimum atomic E-state index is -0.691. The molecule has 0 N–H and O–H groups in total. The first-order valence-electron chi connectivity index (χ1n) is 8.54. The van der Waals surface area contributed by atoms with E-state index in [0.29, 0.717) is 13.0 Å². The largest absolute Gasteiger partial charge is 0.465 e. The number of esters is 1. The quantitative estimate of drug-likeness (QED) is 0.310. The molecule has 0 aliphatic carbocycles. The summed E-state index contributed by atoms with van der Waals surface area (Å²) in [6.07, 6.45) is 8.24. The van der Waals surface area contributed by atoms with Crippen LogP contribution in [0.1, 0.15) is 78.6 Å². The molecule has 0 heterocycles. The summed E-state index contributed by atoms with van der Waals surface area (Å²) in [4.78, 5) is 12.0. The molecule has 0 fully saturated rings. The standard InChI is InChI=1S/C17H33FO2S/c1-4-6-8-12-16(17(19)20-13-5-2)21-14-10-7-9-11-15(3)18/h15-16H,4-14H2,1-3H3. The number of hydrogen-bond donors (Lipinski definition) is 0. The van der Waals surface area contributed by atoms with Gasteiger partial charge in [-0.2, -0.15) is 0 Å². The highest BCUT2D eigenvalue weighted by molar-refractivity contribution is 8.00. The Kier molecular flexibility index (Phi) is 14.5. The van der Waals surface area contributed by atoms with Crippen LogP contribution in [0.2, 0.25) is 0 Å². The Balaban J connectivity index is 3.88. The summed E-state index contributed by atoms with van der Waals surface area (Å²) >= 11 is 1.72. The van der Waals surface area contributed by atoms with E-state index in [9.17, 15) is 9.18 Å². The van der Waals surface area contributed by atoms with Gasteiger partial charge in [0.2, 0.25) is 0 Å². The Morgan fingerprint density at radius 2 is 1.76 bits per heavy atom. The van der Waals surface area contributed by atoms with Crippen LogP contribution in [0.5, 0.6) is 0 Å². The van der Waals surface area contributed by atoms with Gasteiger partial charge in [-0.05, 0) is 38.4 Å². The summed E-state index contributed by atoms with van der Waals surface area (Å²) in [7, 11) is 0. The maximum absolute atomic E-state index is 12.7. The molecule has 0 aliphatic heterocycles.